The van der Waals surface area contributed by atoms with Crippen molar-refractivity contribution in [3.05, 3.63) is 39.0 Å². The molecule has 0 aliphatic heterocycles. The van der Waals surface area contributed by atoms with Gasteiger partial charge in [0.05, 0.1) is 21.4 Å². The zero-order valence-electron chi connectivity index (χ0n) is 9.71. The van der Waals surface area contributed by atoms with Gasteiger partial charge in [0.2, 0.25) is 0 Å². The van der Waals surface area contributed by atoms with Gasteiger partial charge in [-0.25, -0.2) is 0 Å². The SMILES string of the molecule is Cc1ccc(Cl)c(Nc2snc(C)c2C#N)c1Cl. The summed E-state index contributed by atoms with van der Waals surface area (Å²) < 4.78 is 4.14. The highest BCUT2D eigenvalue weighted by Crippen LogP contribution is 2.37. The van der Waals surface area contributed by atoms with Gasteiger partial charge in [0.1, 0.15) is 16.6 Å². The Morgan fingerprint density at radius 3 is 2.72 bits per heavy atom. The number of halogens is 2. The number of nitrogens with one attached hydrogen (secondary N) is 1. The second-order valence-electron chi connectivity index (χ2n) is 3.76. The second kappa shape index (κ2) is 5.15. The molecular formula is C12H9Cl2N3S. The molecule has 0 unspecified atom stereocenters. The van der Waals surface area contributed by atoms with Crippen LogP contribution in [0.25, 0.3) is 0 Å². The summed E-state index contributed by atoms with van der Waals surface area (Å²) in [6.07, 6.45) is 0. The van der Waals surface area contributed by atoms with Gasteiger partial charge in [-0.3, -0.25) is 0 Å². The maximum absolute atomic E-state index is 9.07. The minimum atomic E-state index is 0.514. The van der Waals surface area contributed by atoms with E-state index in [9.17, 15) is 0 Å². The van der Waals surface area contributed by atoms with Crippen LogP contribution in [0.1, 0.15) is 16.8 Å². The van der Waals surface area contributed by atoms with Crippen LogP contribution in [0.15, 0.2) is 12.1 Å². The number of anilines is 2. The zero-order valence-corrected chi connectivity index (χ0v) is 12.0. The van der Waals surface area contributed by atoms with Crippen LogP contribution in [-0.2, 0) is 0 Å². The first-order valence-electron chi connectivity index (χ1n) is 5.12. The summed E-state index contributed by atoms with van der Waals surface area (Å²) in [5.41, 5.74) is 2.75. The van der Waals surface area contributed by atoms with Gasteiger partial charge in [-0.15, -0.1) is 0 Å². The summed E-state index contributed by atoms with van der Waals surface area (Å²) in [5.74, 6) is 0. The van der Waals surface area contributed by atoms with Crippen molar-refractivity contribution in [3.63, 3.8) is 0 Å². The van der Waals surface area contributed by atoms with Gasteiger partial charge in [-0.1, -0.05) is 29.3 Å². The summed E-state index contributed by atoms with van der Waals surface area (Å²) in [5, 5.41) is 13.9. The van der Waals surface area contributed by atoms with Crippen LogP contribution in [0.4, 0.5) is 10.7 Å². The quantitative estimate of drug-likeness (QED) is 0.875. The third-order valence-corrected chi connectivity index (χ3v) is 4.15. The fraction of sp³-hybridized carbons (Fsp3) is 0.167. The average Bonchev–Trinajstić information content (AvgIpc) is 2.70. The Labute approximate surface area is 119 Å². The van der Waals surface area contributed by atoms with Crippen molar-refractivity contribution in [1.29, 1.82) is 5.26 Å². The lowest BCUT2D eigenvalue weighted by Gasteiger charge is -2.10. The Kier molecular flexibility index (Phi) is 3.76. The highest BCUT2D eigenvalue weighted by atomic mass is 35.5. The minimum Gasteiger partial charge on any atom is -0.342 e. The number of nitriles is 1. The molecule has 0 spiro atoms. The van der Waals surface area contributed by atoms with E-state index >= 15 is 0 Å². The Bertz CT molecular complexity index is 644. The maximum Gasteiger partial charge on any atom is 0.132 e. The van der Waals surface area contributed by atoms with Crippen LogP contribution in [-0.4, -0.2) is 4.37 Å². The molecule has 6 heteroatoms. The van der Waals surface area contributed by atoms with Crippen LogP contribution in [0.5, 0.6) is 0 Å². The van der Waals surface area contributed by atoms with Gasteiger partial charge < -0.3 is 5.32 Å². The number of nitrogens with zero attached hydrogens (tertiary/aromatic N) is 2. The first-order chi connectivity index (χ1) is 8.54. The highest BCUT2D eigenvalue weighted by molar-refractivity contribution is 7.10. The molecule has 0 aliphatic rings. The maximum atomic E-state index is 9.07. The van der Waals surface area contributed by atoms with Crippen molar-refractivity contribution in [2.45, 2.75) is 13.8 Å². The van der Waals surface area contributed by atoms with Crippen LogP contribution in [0.2, 0.25) is 10.0 Å². The third-order valence-electron chi connectivity index (χ3n) is 2.50. The number of benzene rings is 1. The van der Waals surface area contributed by atoms with Gasteiger partial charge in [-0.2, -0.15) is 9.64 Å². The summed E-state index contributed by atoms with van der Waals surface area (Å²) >= 11 is 13.5. The van der Waals surface area contributed by atoms with Gasteiger partial charge in [0.25, 0.3) is 0 Å². The molecule has 0 radical (unpaired) electrons. The minimum absolute atomic E-state index is 0.514. The summed E-state index contributed by atoms with van der Waals surface area (Å²) in [6, 6.07) is 5.73. The molecule has 0 saturated carbocycles. The van der Waals surface area contributed by atoms with Gasteiger partial charge >= 0.3 is 0 Å². The predicted octanol–water partition coefficient (Wildman–Crippen LogP) is 4.68. The zero-order chi connectivity index (χ0) is 13.3. The lowest BCUT2D eigenvalue weighted by Crippen LogP contribution is -1.94. The Morgan fingerprint density at radius 2 is 2.06 bits per heavy atom. The summed E-state index contributed by atoms with van der Waals surface area (Å²) in [4.78, 5) is 0. The van der Waals surface area contributed by atoms with Gasteiger partial charge in [0.15, 0.2) is 0 Å². The normalized spacial score (nSPS) is 10.2. The molecule has 0 saturated heterocycles. The largest absolute Gasteiger partial charge is 0.342 e. The number of hydrogen-bond donors (Lipinski definition) is 1. The first-order valence-corrected chi connectivity index (χ1v) is 6.65. The molecule has 18 heavy (non-hydrogen) atoms. The molecule has 92 valence electrons. The van der Waals surface area contributed by atoms with E-state index in [4.69, 9.17) is 28.5 Å². The number of aryl methyl sites for hydroxylation is 2. The van der Waals surface area contributed by atoms with E-state index in [1.54, 1.807) is 13.0 Å². The van der Waals surface area contributed by atoms with Gasteiger partial charge in [-0.05, 0) is 37.0 Å². The molecule has 0 amide bonds. The highest BCUT2D eigenvalue weighted by Gasteiger charge is 2.14. The van der Waals surface area contributed by atoms with E-state index in [2.05, 4.69) is 15.8 Å². The second-order valence-corrected chi connectivity index (χ2v) is 5.32. The summed E-state index contributed by atoms with van der Waals surface area (Å²) in [7, 11) is 0. The molecular weight excluding hydrogens is 289 g/mol. The predicted molar refractivity (Wildman–Crippen MR) is 76.0 cm³/mol. The van der Waals surface area contributed by atoms with Crippen molar-refractivity contribution in [2.75, 3.05) is 5.32 Å². The van der Waals surface area contributed by atoms with Crippen molar-refractivity contribution < 1.29 is 0 Å². The van der Waals surface area contributed by atoms with E-state index in [0.29, 0.717) is 32.0 Å². The average molecular weight is 298 g/mol. The number of hydrogen-bond acceptors (Lipinski definition) is 4. The lowest BCUT2D eigenvalue weighted by molar-refractivity contribution is 1.31. The standard InChI is InChI=1S/C12H9Cl2N3S/c1-6-3-4-9(13)11(10(6)14)16-12-8(5-15)7(2)17-18-12/h3-4,16H,1-2H3. The molecule has 2 rings (SSSR count). The third kappa shape index (κ3) is 2.30. The molecule has 0 aliphatic carbocycles. The van der Waals surface area contributed by atoms with Gasteiger partial charge in [0, 0.05) is 0 Å². The number of rotatable bonds is 2. The molecule has 0 bridgehead atoms. The molecule has 1 N–H and O–H groups in total. The molecule has 1 aromatic heterocycles. The van der Waals surface area contributed by atoms with Crippen molar-refractivity contribution in [2.24, 2.45) is 0 Å². The molecule has 1 aromatic carbocycles. The summed E-state index contributed by atoms with van der Waals surface area (Å²) in [6.45, 7) is 3.69. The van der Waals surface area contributed by atoms with E-state index < -0.39 is 0 Å². The Hall–Kier alpha value is -1.28. The monoisotopic (exact) mass is 297 g/mol. The molecule has 3 nitrogen and oxygen atoms in total. The fourth-order valence-corrected chi connectivity index (χ4v) is 2.69. The first kappa shape index (κ1) is 13.2. The van der Waals surface area contributed by atoms with Crippen molar-refractivity contribution in [3.8, 4) is 6.07 Å². The van der Waals surface area contributed by atoms with E-state index in [-0.39, 0.29) is 0 Å². The van der Waals surface area contributed by atoms with Crippen LogP contribution in [0.3, 0.4) is 0 Å². The van der Waals surface area contributed by atoms with Crippen molar-refractivity contribution >= 4 is 45.4 Å². The molecule has 1 heterocycles. The fourth-order valence-electron chi connectivity index (χ4n) is 1.47. The van der Waals surface area contributed by atoms with Crippen molar-refractivity contribution in [1.82, 2.24) is 4.37 Å². The smallest absolute Gasteiger partial charge is 0.132 e. The van der Waals surface area contributed by atoms with E-state index in [1.807, 2.05) is 13.0 Å². The van der Waals surface area contributed by atoms with Crippen LogP contribution >= 0.6 is 34.7 Å². The molecule has 2 aromatic rings. The Morgan fingerprint density at radius 1 is 1.33 bits per heavy atom. The molecule has 0 fully saturated rings. The van der Waals surface area contributed by atoms with E-state index in [1.165, 1.54) is 11.5 Å². The Balaban J connectivity index is 2.47. The lowest BCUT2D eigenvalue weighted by atomic mass is 10.2. The topological polar surface area (TPSA) is 48.7 Å². The number of aromatic nitrogens is 1. The van der Waals surface area contributed by atoms with Crippen LogP contribution < -0.4 is 5.32 Å². The molecule has 0 atom stereocenters. The van der Waals surface area contributed by atoms with E-state index in [0.717, 1.165) is 5.56 Å². The van der Waals surface area contributed by atoms with Crippen LogP contribution in [0, 0.1) is 25.2 Å².